The summed E-state index contributed by atoms with van der Waals surface area (Å²) in [6.45, 7) is 0. The highest BCUT2D eigenvalue weighted by Crippen LogP contribution is 2.27. The zero-order chi connectivity index (χ0) is 24.2. The summed E-state index contributed by atoms with van der Waals surface area (Å²) in [6.07, 6.45) is 11.5. The number of carboxylic acid groups (broad SMARTS) is 1. The number of nitrogens with one attached hydrogen (secondary N) is 1. The van der Waals surface area contributed by atoms with E-state index in [1.807, 2.05) is 30.3 Å². The number of benzene rings is 2. The lowest BCUT2D eigenvalue weighted by Crippen LogP contribution is -2.12. The molecule has 7 heteroatoms. The molecule has 0 atom stereocenters. The van der Waals surface area contributed by atoms with Gasteiger partial charge in [-0.3, -0.25) is 14.5 Å². The van der Waals surface area contributed by atoms with Gasteiger partial charge in [0.2, 0.25) is 0 Å². The first-order chi connectivity index (χ1) is 16.5. The molecular formula is C27H30N2O4S. The highest BCUT2D eigenvalue weighted by Gasteiger charge is 2.14. The van der Waals surface area contributed by atoms with Gasteiger partial charge in [0.25, 0.3) is 10.0 Å². The Morgan fingerprint density at radius 1 is 0.882 bits per heavy atom. The Morgan fingerprint density at radius 2 is 1.62 bits per heavy atom. The van der Waals surface area contributed by atoms with Crippen LogP contribution < -0.4 is 4.72 Å². The van der Waals surface area contributed by atoms with E-state index in [1.165, 1.54) is 0 Å². The van der Waals surface area contributed by atoms with E-state index < -0.39 is 16.0 Å². The maximum Gasteiger partial charge on any atom is 0.303 e. The number of carbonyl (C=O) groups is 1. The summed E-state index contributed by atoms with van der Waals surface area (Å²) in [6, 6.07) is 19.5. The fraction of sp³-hybridized carbons (Fsp3) is 0.259. The quantitative estimate of drug-likeness (QED) is 0.288. The number of anilines is 1. The van der Waals surface area contributed by atoms with Crippen molar-refractivity contribution in [1.29, 1.82) is 0 Å². The highest BCUT2D eigenvalue weighted by atomic mass is 32.2. The van der Waals surface area contributed by atoms with Gasteiger partial charge in [0, 0.05) is 30.1 Å². The van der Waals surface area contributed by atoms with Crippen molar-refractivity contribution in [2.45, 2.75) is 49.8 Å². The highest BCUT2D eigenvalue weighted by molar-refractivity contribution is 7.92. The topological polar surface area (TPSA) is 96.4 Å². The minimum atomic E-state index is -3.68. The maximum absolute atomic E-state index is 12.7. The molecule has 2 aromatic carbocycles. The van der Waals surface area contributed by atoms with Gasteiger partial charge in [0.15, 0.2) is 0 Å². The van der Waals surface area contributed by atoms with Gasteiger partial charge < -0.3 is 5.11 Å². The van der Waals surface area contributed by atoms with Gasteiger partial charge in [0.05, 0.1) is 4.90 Å². The van der Waals surface area contributed by atoms with Crippen molar-refractivity contribution in [3.63, 3.8) is 0 Å². The van der Waals surface area contributed by atoms with E-state index in [0.29, 0.717) is 5.69 Å². The predicted molar refractivity (Wildman–Crippen MR) is 135 cm³/mol. The second kappa shape index (κ2) is 12.7. The molecule has 0 bridgehead atoms. The van der Waals surface area contributed by atoms with Crippen LogP contribution >= 0.6 is 0 Å². The Kier molecular flexibility index (Phi) is 9.40. The lowest BCUT2D eigenvalue weighted by Gasteiger charge is -2.12. The lowest BCUT2D eigenvalue weighted by atomic mass is 9.97. The molecule has 0 fully saturated rings. The van der Waals surface area contributed by atoms with Crippen LogP contribution in [0.5, 0.6) is 0 Å². The monoisotopic (exact) mass is 478 g/mol. The molecule has 0 aliphatic carbocycles. The van der Waals surface area contributed by atoms with Gasteiger partial charge in [-0.15, -0.1) is 0 Å². The van der Waals surface area contributed by atoms with Crippen LogP contribution in [-0.4, -0.2) is 24.5 Å². The molecule has 0 saturated heterocycles. The first-order valence-electron chi connectivity index (χ1n) is 11.5. The smallest absolute Gasteiger partial charge is 0.303 e. The number of allylic oxidation sites excluding steroid dienone is 1. The van der Waals surface area contributed by atoms with E-state index in [9.17, 15) is 13.2 Å². The molecule has 1 heterocycles. The third-order valence-electron chi connectivity index (χ3n) is 5.40. The standard InChI is InChI=1S/C27H30N2O4S/c30-27(31)18-9-4-2-1-3-8-17-26(23-13-11-19-28-21-23)22-12-10-14-24(20-22)29-34(32,33)25-15-6-5-7-16-25/h5-7,10-17,19-21,29H,1-4,8-9,18H2,(H,30,31)/b26-17+. The van der Waals surface area contributed by atoms with Crippen LogP contribution in [0.4, 0.5) is 5.69 Å². The summed E-state index contributed by atoms with van der Waals surface area (Å²) >= 11 is 0. The molecule has 3 rings (SSSR count). The summed E-state index contributed by atoms with van der Waals surface area (Å²) in [4.78, 5) is 15.1. The fourth-order valence-electron chi connectivity index (χ4n) is 3.69. The third-order valence-corrected chi connectivity index (χ3v) is 6.79. The van der Waals surface area contributed by atoms with E-state index >= 15 is 0 Å². The van der Waals surface area contributed by atoms with Gasteiger partial charge in [-0.2, -0.15) is 0 Å². The molecular weight excluding hydrogens is 448 g/mol. The normalized spacial score (nSPS) is 11.8. The molecule has 0 radical (unpaired) electrons. The Morgan fingerprint density at radius 3 is 2.35 bits per heavy atom. The lowest BCUT2D eigenvalue weighted by molar-refractivity contribution is -0.137. The van der Waals surface area contributed by atoms with Crippen LogP contribution in [0, 0.1) is 0 Å². The number of sulfonamides is 1. The zero-order valence-electron chi connectivity index (χ0n) is 19.1. The number of hydrogen-bond acceptors (Lipinski definition) is 4. The minimum Gasteiger partial charge on any atom is -0.481 e. The first kappa shape index (κ1) is 25.2. The molecule has 0 amide bonds. The number of pyridine rings is 1. The molecule has 3 aromatic rings. The van der Waals surface area contributed by atoms with Gasteiger partial charge in [0.1, 0.15) is 0 Å². The number of rotatable bonds is 13. The molecule has 0 aliphatic heterocycles. The first-order valence-corrected chi connectivity index (χ1v) is 12.9. The maximum atomic E-state index is 12.7. The SMILES string of the molecule is O=C(O)CCCCCCC/C=C(/c1cccnc1)c1cccc(NS(=O)(=O)c2ccccc2)c1. The Balaban J connectivity index is 1.72. The van der Waals surface area contributed by atoms with E-state index in [-0.39, 0.29) is 11.3 Å². The van der Waals surface area contributed by atoms with Crippen molar-refractivity contribution in [2.24, 2.45) is 0 Å². The summed E-state index contributed by atoms with van der Waals surface area (Å²) in [7, 11) is -3.68. The van der Waals surface area contributed by atoms with Crippen LogP contribution in [0.2, 0.25) is 0 Å². The number of carboxylic acids is 1. The number of hydrogen-bond donors (Lipinski definition) is 2. The number of unbranched alkanes of at least 4 members (excludes halogenated alkanes) is 5. The Labute approximate surface area is 201 Å². The zero-order valence-corrected chi connectivity index (χ0v) is 19.9. The van der Waals surface area contributed by atoms with Crippen LogP contribution in [0.25, 0.3) is 5.57 Å². The average Bonchev–Trinajstić information content (AvgIpc) is 2.84. The fourth-order valence-corrected chi connectivity index (χ4v) is 4.76. The van der Waals surface area contributed by atoms with Crippen LogP contribution in [-0.2, 0) is 14.8 Å². The average molecular weight is 479 g/mol. The van der Waals surface area contributed by atoms with Gasteiger partial charge in [-0.05, 0) is 60.7 Å². The second-order valence-electron chi connectivity index (χ2n) is 8.06. The van der Waals surface area contributed by atoms with E-state index in [4.69, 9.17) is 5.11 Å². The van der Waals surface area contributed by atoms with Crippen molar-refractivity contribution in [1.82, 2.24) is 4.98 Å². The second-order valence-corrected chi connectivity index (χ2v) is 9.74. The predicted octanol–water partition coefficient (Wildman–Crippen LogP) is 6.13. The number of aliphatic carboxylic acids is 1. The molecule has 34 heavy (non-hydrogen) atoms. The van der Waals surface area contributed by atoms with Crippen LogP contribution in [0.15, 0.2) is 90.1 Å². The number of aromatic nitrogens is 1. The molecule has 0 spiro atoms. The third kappa shape index (κ3) is 7.85. The van der Waals surface area contributed by atoms with E-state index in [2.05, 4.69) is 15.8 Å². The van der Waals surface area contributed by atoms with Crippen molar-refractivity contribution >= 4 is 27.3 Å². The van der Waals surface area contributed by atoms with Crippen molar-refractivity contribution in [2.75, 3.05) is 4.72 Å². The summed E-state index contributed by atoms with van der Waals surface area (Å²) in [5, 5.41) is 8.72. The Hall–Kier alpha value is -3.45. The molecule has 0 aliphatic rings. The molecule has 178 valence electrons. The molecule has 6 nitrogen and oxygen atoms in total. The van der Waals surface area contributed by atoms with Crippen molar-refractivity contribution in [3.05, 3.63) is 96.3 Å². The molecule has 2 N–H and O–H groups in total. The summed E-state index contributed by atoms with van der Waals surface area (Å²) in [5.74, 6) is -0.739. The van der Waals surface area contributed by atoms with Gasteiger partial charge in [-0.1, -0.05) is 61.7 Å². The summed E-state index contributed by atoms with van der Waals surface area (Å²) < 4.78 is 28.2. The van der Waals surface area contributed by atoms with Gasteiger partial charge >= 0.3 is 5.97 Å². The van der Waals surface area contributed by atoms with E-state index in [0.717, 1.165) is 55.2 Å². The number of nitrogens with zero attached hydrogens (tertiary/aromatic N) is 1. The van der Waals surface area contributed by atoms with Crippen LogP contribution in [0.1, 0.15) is 56.1 Å². The van der Waals surface area contributed by atoms with Crippen LogP contribution in [0.3, 0.4) is 0 Å². The Bertz CT molecular complexity index is 1190. The van der Waals surface area contributed by atoms with E-state index in [1.54, 1.807) is 48.8 Å². The van der Waals surface area contributed by atoms with Gasteiger partial charge in [-0.25, -0.2) is 8.42 Å². The molecule has 0 saturated carbocycles. The minimum absolute atomic E-state index is 0.215. The van der Waals surface area contributed by atoms with Crippen molar-refractivity contribution in [3.8, 4) is 0 Å². The molecule has 0 unspecified atom stereocenters. The molecule has 1 aromatic heterocycles. The van der Waals surface area contributed by atoms with Crippen molar-refractivity contribution < 1.29 is 18.3 Å². The largest absolute Gasteiger partial charge is 0.481 e. The summed E-state index contributed by atoms with van der Waals surface area (Å²) in [5.41, 5.74) is 3.36.